The Morgan fingerprint density at radius 1 is 1.27 bits per heavy atom. The molecule has 0 spiro atoms. The summed E-state index contributed by atoms with van der Waals surface area (Å²) in [6.07, 6.45) is 5.93. The van der Waals surface area contributed by atoms with E-state index in [1.165, 1.54) is 24.4 Å². The molecule has 1 aromatic rings. The molecule has 0 aromatic heterocycles. The van der Waals surface area contributed by atoms with Crippen LogP contribution in [0.5, 0.6) is 5.75 Å². The number of para-hydroxylation sites is 1. The number of allylic oxidation sites excluding steroid dienone is 2. The van der Waals surface area contributed by atoms with Crippen molar-refractivity contribution >= 4 is 29.7 Å². The molecule has 10 nitrogen and oxygen atoms in total. The molecule has 0 radical (unpaired) electrons. The van der Waals surface area contributed by atoms with E-state index < -0.39 is 29.3 Å². The summed E-state index contributed by atoms with van der Waals surface area (Å²) in [5, 5.41) is 16.2. The number of carbonyl (C=O) groups excluding carboxylic acids is 3. The van der Waals surface area contributed by atoms with Gasteiger partial charge in [0.1, 0.15) is 0 Å². The zero-order valence-corrected chi connectivity index (χ0v) is 16.1. The summed E-state index contributed by atoms with van der Waals surface area (Å²) in [6, 6.07) is 4.12. The van der Waals surface area contributed by atoms with Gasteiger partial charge in [0.05, 0.1) is 29.6 Å². The average molecular weight is 413 g/mol. The Labute approximate surface area is 171 Å². The van der Waals surface area contributed by atoms with Crippen molar-refractivity contribution in [1.29, 1.82) is 0 Å². The molecule has 1 aliphatic heterocycles. The molecule has 1 aromatic carbocycles. The van der Waals surface area contributed by atoms with Crippen molar-refractivity contribution in [2.45, 2.75) is 13.3 Å². The van der Waals surface area contributed by atoms with Gasteiger partial charge < -0.3 is 9.47 Å². The van der Waals surface area contributed by atoms with Crippen LogP contribution in [0.25, 0.3) is 0 Å². The van der Waals surface area contributed by atoms with Gasteiger partial charge >= 0.3 is 11.7 Å². The molecule has 0 N–H and O–H groups in total. The second-order valence-corrected chi connectivity index (χ2v) is 7.28. The molecular weight excluding hydrogens is 394 g/mol. The van der Waals surface area contributed by atoms with Crippen molar-refractivity contribution in [1.82, 2.24) is 5.01 Å². The number of nitrogens with zero attached hydrogens (tertiary/aromatic N) is 3. The Kier molecular flexibility index (Phi) is 5.06. The second-order valence-electron chi connectivity index (χ2n) is 7.28. The van der Waals surface area contributed by atoms with Crippen LogP contribution in [0.1, 0.15) is 18.9 Å². The van der Waals surface area contributed by atoms with Gasteiger partial charge in [-0.1, -0.05) is 18.2 Å². The van der Waals surface area contributed by atoms with Crippen LogP contribution >= 0.6 is 0 Å². The normalized spacial score (nSPS) is 26.5. The smallest absolute Gasteiger partial charge is 0.344 e. The number of benzene rings is 1. The SMILES string of the molecule is CCOC(=O)COc1c(C=NN2C(=O)[C@@H]3[C@H](C2=O)[C@H]2C=C[C@H]3C2)cccc1[N+](=O)[O-]. The van der Waals surface area contributed by atoms with Gasteiger partial charge in [0.15, 0.2) is 6.61 Å². The van der Waals surface area contributed by atoms with Crippen LogP contribution in [-0.4, -0.2) is 47.1 Å². The van der Waals surface area contributed by atoms with Crippen molar-refractivity contribution in [2.75, 3.05) is 13.2 Å². The molecule has 2 amide bonds. The first-order chi connectivity index (χ1) is 14.4. The Hall–Kier alpha value is -3.56. The van der Waals surface area contributed by atoms with Gasteiger partial charge in [-0.25, -0.2) is 4.79 Å². The lowest BCUT2D eigenvalue weighted by Gasteiger charge is -2.13. The summed E-state index contributed by atoms with van der Waals surface area (Å²) in [4.78, 5) is 47.7. The van der Waals surface area contributed by atoms with Gasteiger partial charge in [-0.3, -0.25) is 19.7 Å². The number of ether oxygens (including phenoxy) is 2. The number of rotatable bonds is 7. The molecule has 4 rings (SSSR count). The summed E-state index contributed by atoms with van der Waals surface area (Å²) in [6.45, 7) is 1.24. The highest BCUT2D eigenvalue weighted by molar-refractivity contribution is 6.07. The molecule has 1 saturated heterocycles. The number of hydrazone groups is 1. The standard InChI is InChI=1S/C20H19N3O7/c1-2-29-15(24)10-30-18-13(4-3-5-14(18)23(27)28)9-21-22-19(25)16-11-6-7-12(8-11)17(16)20(22)26/h3-7,9,11-12,16-17H,2,8,10H2,1H3/t11-,12-,16-,17+/m0/s1. The van der Waals surface area contributed by atoms with Gasteiger partial charge in [-0.15, -0.1) is 0 Å². The minimum absolute atomic E-state index is 0.0536. The first-order valence-electron chi connectivity index (χ1n) is 9.58. The molecule has 2 fully saturated rings. The van der Waals surface area contributed by atoms with Gasteiger partial charge in [-0.05, 0) is 31.2 Å². The number of nitro groups is 1. The van der Waals surface area contributed by atoms with Crippen molar-refractivity contribution in [3.05, 3.63) is 46.0 Å². The molecule has 4 atom stereocenters. The zero-order chi connectivity index (χ0) is 21.4. The average Bonchev–Trinajstić information content (AvgIpc) is 3.39. The number of imide groups is 1. The monoisotopic (exact) mass is 413 g/mol. The lowest BCUT2D eigenvalue weighted by Crippen LogP contribution is -2.28. The first kappa shape index (κ1) is 19.7. The molecule has 1 heterocycles. The predicted molar refractivity (Wildman–Crippen MR) is 102 cm³/mol. The number of hydrogen-bond acceptors (Lipinski definition) is 8. The molecule has 156 valence electrons. The minimum Gasteiger partial charge on any atom is -0.474 e. The summed E-state index contributed by atoms with van der Waals surface area (Å²) < 4.78 is 10.1. The quantitative estimate of drug-likeness (QED) is 0.166. The number of hydrogen-bond donors (Lipinski definition) is 0. The van der Waals surface area contributed by atoms with Crippen LogP contribution in [0.2, 0.25) is 0 Å². The number of esters is 1. The number of amides is 2. The second kappa shape index (κ2) is 7.69. The molecule has 1 saturated carbocycles. The molecule has 10 heteroatoms. The zero-order valence-electron chi connectivity index (χ0n) is 16.1. The van der Waals surface area contributed by atoms with Crippen LogP contribution in [0.15, 0.2) is 35.5 Å². The molecule has 30 heavy (non-hydrogen) atoms. The van der Waals surface area contributed by atoms with E-state index in [-0.39, 0.29) is 47.3 Å². The third kappa shape index (κ3) is 3.23. The summed E-state index contributed by atoms with van der Waals surface area (Å²) in [5.74, 6) is -2.28. The van der Waals surface area contributed by atoms with E-state index in [1.807, 2.05) is 12.2 Å². The van der Waals surface area contributed by atoms with Crippen LogP contribution in [0, 0.1) is 33.8 Å². The molecular formula is C20H19N3O7. The fourth-order valence-corrected chi connectivity index (χ4v) is 4.40. The summed E-state index contributed by atoms with van der Waals surface area (Å²) >= 11 is 0. The minimum atomic E-state index is -0.681. The maximum Gasteiger partial charge on any atom is 0.344 e. The van der Waals surface area contributed by atoms with Crippen LogP contribution in [0.4, 0.5) is 5.69 Å². The van der Waals surface area contributed by atoms with Gasteiger partial charge in [0, 0.05) is 11.6 Å². The Morgan fingerprint density at radius 3 is 2.53 bits per heavy atom. The molecule has 2 aliphatic carbocycles. The molecule has 2 bridgehead atoms. The van der Waals surface area contributed by atoms with Crippen molar-refractivity contribution in [2.24, 2.45) is 28.8 Å². The van der Waals surface area contributed by atoms with Crippen molar-refractivity contribution in [3.63, 3.8) is 0 Å². The highest BCUT2D eigenvalue weighted by Crippen LogP contribution is 2.52. The predicted octanol–water partition coefficient (Wildman–Crippen LogP) is 1.68. The van der Waals surface area contributed by atoms with Crippen LogP contribution < -0.4 is 4.74 Å². The lowest BCUT2D eigenvalue weighted by atomic mass is 9.85. The van der Waals surface area contributed by atoms with Gasteiger partial charge in [-0.2, -0.15) is 10.1 Å². The number of nitro benzene ring substituents is 1. The van der Waals surface area contributed by atoms with E-state index in [1.54, 1.807) is 6.92 Å². The van der Waals surface area contributed by atoms with Crippen LogP contribution in [-0.2, 0) is 19.1 Å². The fraction of sp³-hybridized carbons (Fsp3) is 0.400. The largest absolute Gasteiger partial charge is 0.474 e. The maximum absolute atomic E-state index is 12.7. The third-order valence-corrected chi connectivity index (χ3v) is 5.62. The first-order valence-corrected chi connectivity index (χ1v) is 9.58. The van der Waals surface area contributed by atoms with Gasteiger partial charge in [0.2, 0.25) is 5.75 Å². The Balaban J connectivity index is 1.58. The maximum atomic E-state index is 12.7. The number of fused-ring (bicyclic) bond motifs is 5. The van der Waals surface area contributed by atoms with E-state index in [2.05, 4.69) is 5.10 Å². The highest BCUT2D eigenvalue weighted by Gasteiger charge is 2.59. The van der Waals surface area contributed by atoms with Crippen molar-refractivity contribution < 1.29 is 28.8 Å². The summed E-state index contributed by atoms with van der Waals surface area (Å²) in [5.41, 5.74) is -0.214. The van der Waals surface area contributed by atoms with E-state index >= 15 is 0 Å². The van der Waals surface area contributed by atoms with Gasteiger partial charge in [0.25, 0.3) is 11.8 Å². The third-order valence-electron chi connectivity index (χ3n) is 5.62. The fourth-order valence-electron chi connectivity index (χ4n) is 4.40. The Morgan fingerprint density at radius 2 is 1.93 bits per heavy atom. The topological polar surface area (TPSA) is 128 Å². The van der Waals surface area contributed by atoms with Crippen LogP contribution in [0.3, 0.4) is 0 Å². The molecule has 3 aliphatic rings. The molecule has 0 unspecified atom stereocenters. The highest BCUT2D eigenvalue weighted by atomic mass is 16.6. The van der Waals surface area contributed by atoms with E-state index in [9.17, 15) is 24.5 Å². The number of carbonyl (C=O) groups is 3. The Bertz CT molecular complexity index is 957. The van der Waals surface area contributed by atoms with Crippen molar-refractivity contribution in [3.8, 4) is 5.75 Å². The lowest BCUT2D eigenvalue weighted by molar-refractivity contribution is -0.385. The van der Waals surface area contributed by atoms with E-state index in [4.69, 9.17) is 9.47 Å². The summed E-state index contributed by atoms with van der Waals surface area (Å²) in [7, 11) is 0. The van der Waals surface area contributed by atoms with E-state index in [0.717, 1.165) is 11.4 Å². The van der Waals surface area contributed by atoms with E-state index in [0.29, 0.717) is 0 Å².